The van der Waals surface area contributed by atoms with Crippen LogP contribution in [0.3, 0.4) is 0 Å². The zero-order chi connectivity index (χ0) is 11.5. The largest absolute Gasteiger partial charge is 0.336 e. The van der Waals surface area contributed by atoms with Gasteiger partial charge in [-0.1, -0.05) is 21.1 Å². The third-order valence-electron chi connectivity index (χ3n) is 1.94. The van der Waals surface area contributed by atoms with Crippen LogP contribution in [0.2, 0.25) is 0 Å². The average Bonchev–Trinajstić information content (AvgIpc) is 2.66. The lowest BCUT2D eigenvalue weighted by atomic mass is 10.2. The van der Waals surface area contributed by atoms with Gasteiger partial charge in [0.25, 0.3) is 0 Å². The Morgan fingerprint density at radius 1 is 1.25 bits per heavy atom. The number of hydrogen-bond donors (Lipinski definition) is 1. The van der Waals surface area contributed by atoms with E-state index < -0.39 is 0 Å². The first-order valence-electron chi connectivity index (χ1n) is 5.01. The Morgan fingerprint density at radius 2 is 1.94 bits per heavy atom. The molecule has 84 valence electrons. The number of anilines is 1. The molecule has 0 atom stereocenters. The molecule has 0 unspecified atom stereocenters. The number of nitrogens with one attached hydrogen (secondary N) is 1. The van der Waals surface area contributed by atoms with Crippen molar-refractivity contribution in [1.82, 2.24) is 10.1 Å². The molecule has 0 radical (unpaired) electrons. The van der Waals surface area contributed by atoms with E-state index >= 15 is 0 Å². The summed E-state index contributed by atoms with van der Waals surface area (Å²) in [5.41, 5.74) is 0.934. The summed E-state index contributed by atoms with van der Waals surface area (Å²) in [7, 11) is 0. The first-order chi connectivity index (χ1) is 7.65. The summed E-state index contributed by atoms with van der Waals surface area (Å²) in [4.78, 5) is 4.25. The highest BCUT2D eigenvalue weighted by atomic mass is 79.9. The minimum absolute atomic E-state index is 0.276. The smallest absolute Gasteiger partial charge is 0.321 e. The molecule has 0 amide bonds. The lowest BCUT2D eigenvalue weighted by molar-refractivity contribution is 0.429. The van der Waals surface area contributed by atoms with Crippen LogP contribution in [0.1, 0.15) is 13.8 Å². The fourth-order valence-corrected chi connectivity index (χ4v) is 1.51. The van der Waals surface area contributed by atoms with Crippen LogP contribution in [0.15, 0.2) is 33.3 Å². The minimum atomic E-state index is 0.276. The van der Waals surface area contributed by atoms with Crippen molar-refractivity contribution in [2.24, 2.45) is 0 Å². The van der Waals surface area contributed by atoms with Gasteiger partial charge in [-0.05, 0) is 38.1 Å². The van der Waals surface area contributed by atoms with Gasteiger partial charge in [0.2, 0.25) is 5.82 Å². The summed E-state index contributed by atoms with van der Waals surface area (Å²) in [6.07, 6.45) is 0. The number of hydrogen-bond acceptors (Lipinski definition) is 4. The third kappa shape index (κ3) is 2.61. The molecular weight excluding hydrogens is 270 g/mol. The van der Waals surface area contributed by atoms with Gasteiger partial charge in [0.05, 0.1) is 0 Å². The fraction of sp³-hybridized carbons (Fsp3) is 0.273. The van der Waals surface area contributed by atoms with Gasteiger partial charge in [0.1, 0.15) is 0 Å². The van der Waals surface area contributed by atoms with Crippen LogP contribution in [0.4, 0.5) is 6.01 Å². The van der Waals surface area contributed by atoms with Crippen LogP contribution in [0.5, 0.6) is 0 Å². The monoisotopic (exact) mass is 281 g/mol. The highest BCUT2D eigenvalue weighted by Gasteiger charge is 2.08. The van der Waals surface area contributed by atoms with Gasteiger partial charge in [-0.15, -0.1) is 0 Å². The molecule has 0 aliphatic heterocycles. The van der Waals surface area contributed by atoms with Crippen molar-refractivity contribution >= 4 is 21.9 Å². The van der Waals surface area contributed by atoms with Gasteiger partial charge >= 0.3 is 6.01 Å². The molecule has 2 rings (SSSR count). The summed E-state index contributed by atoms with van der Waals surface area (Å²) in [6.45, 7) is 4.03. The Bertz CT molecular complexity index is 464. The summed E-state index contributed by atoms with van der Waals surface area (Å²) >= 11 is 3.38. The second kappa shape index (κ2) is 4.65. The Labute approximate surface area is 102 Å². The van der Waals surface area contributed by atoms with Crippen LogP contribution in [-0.2, 0) is 0 Å². The van der Waals surface area contributed by atoms with E-state index in [0.717, 1.165) is 10.0 Å². The predicted molar refractivity (Wildman–Crippen MR) is 66.2 cm³/mol. The Kier molecular flexibility index (Phi) is 3.24. The molecule has 5 heteroatoms. The SMILES string of the molecule is CC(C)Nc1nc(-c2ccc(Br)cc2)no1. The van der Waals surface area contributed by atoms with E-state index in [1.54, 1.807) is 0 Å². The predicted octanol–water partition coefficient (Wildman–Crippen LogP) is 3.32. The molecule has 0 aliphatic rings. The van der Waals surface area contributed by atoms with Crippen molar-refractivity contribution in [2.75, 3.05) is 5.32 Å². The topological polar surface area (TPSA) is 51.0 Å². The van der Waals surface area contributed by atoms with Gasteiger partial charge < -0.3 is 9.84 Å². The van der Waals surface area contributed by atoms with Crippen LogP contribution >= 0.6 is 15.9 Å². The van der Waals surface area contributed by atoms with E-state index in [-0.39, 0.29) is 6.04 Å². The van der Waals surface area contributed by atoms with Crippen LogP contribution in [0.25, 0.3) is 11.4 Å². The third-order valence-corrected chi connectivity index (χ3v) is 2.47. The van der Waals surface area contributed by atoms with E-state index in [0.29, 0.717) is 11.8 Å². The van der Waals surface area contributed by atoms with E-state index in [1.165, 1.54) is 0 Å². The Balaban J connectivity index is 2.21. The van der Waals surface area contributed by atoms with Gasteiger partial charge in [-0.2, -0.15) is 4.98 Å². The quantitative estimate of drug-likeness (QED) is 0.938. The van der Waals surface area contributed by atoms with Crippen molar-refractivity contribution in [3.8, 4) is 11.4 Å². The highest BCUT2D eigenvalue weighted by molar-refractivity contribution is 9.10. The second-order valence-corrected chi connectivity index (χ2v) is 4.64. The number of benzene rings is 1. The fourth-order valence-electron chi connectivity index (χ4n) is 1.25. The average molecular weight is 282 g/mol. The zero-order valence-corrected chi connectivity index (χ0v) is 10.7. The van der Waals surface area contributed by atoms with Crippen molar-refractivity contribution in [3.05, 3.63) is 28.7 Å². The van der Waals surface area contributed by atoms with E-state index in [2.05, 4.69) is 31.4 Å². The molecule has 0 bridgehead atoms. The summed E-state index contributed by atoms with van der Waals surface area (Å²) < 4.78 is 6.10. The lowest BCUT2D eigenvalue weighted by Crippen LogP contribution is -2.09. The van der Waals surface area contributed by atoms with Gasteiger partial charge in [0, 0.05) is 16.1 Å². The van der Waals surface area contributed by atoms with Crippen LogP contribution < -0.4 is 5.32 Å². The Morgan fingerprint density at radius 3 is 2.56 bits per heavy atom. The molecule has 0 spiro atoms. The molecule has 0 aliphatic carbocycles. The van der Waals surface area contributed by atoms with Gasteiger partial charge in [-0.3, -0.25) is 0 Å². The summed E-state index contributed by atoms with van der Waals surface area (Å²) in [5.74, 6) is 0.593. The molecule has 1 N–H and O–H groups in total. The van der Waals surface area contributed by atoms with Crippen molar-refractivity contribution < 1.29 is 4.52 Å². The minimum Gasteiger partial charge on any atom is -0.336 e. The summed E-state index contributed by atoms with van der Waals surface area (Å²) in [6, 6.07) is 8.50. The number of nitrogens with zero attached hydrogens (tertiary/aromatic N) is 2. The highest BCUT2D eigenvalue weighted by Crippen LogP contribution is 2.20. The molecule has 16 heavy (non-hydrogen) atoms. The van der Waals surface area contributed by atoms with Gasteiger partial charge in [-0.25, -0.2) is 0 Å². The molecular formula is C11H12BrN3O. The second-order valence-electron chi connectivity index (χ2n) is 3.73. The van der Waals surface area contributed by atoms with E-state index in [1.807, 2.05) is 38.1 Å². The molecule has 1 aromatic heterocycles. The van der Waals surface area contributed by atoms with Crippen molar-refractivity contribution in [2.45, 2.75) is 19.9 Å². The maximum atomic E-state index is 5.08. The van der Waals surface area contributed by atoms with Gasteiger partial charge in [0.15, 0.2) is 0 Å². The molecule has 4 nitrogen and oxygen atoms in total. The molecule has 0 saturated heterocycles. The maximum absolute atomic E-state index is 5.08. The molecule has 0 fully saturated rings. The molecule has 2 aromatic rings. The van der Waals surface area contributed by atoms with Crippen LogP contribution in [-0.4, -0.2) is 16.2 Å². The molecule has 0 saturated carbocycles. The zero-order valence-electron chi connectivity index (χ0n) is 9.07. The first kappa shape index (κ1) is 11.1. The number of aromatic nitrogens is 2. The van der Waals surface area contributed by atoms with Crippen molar-refractivity contribution in [1.29, 1.82) is 0 Å². The number of rotatable bonds is 3. The normalized spacial score (nSPS) is 10.8. The molecule has 1 heterocycles. The van der Waals surface area contributed by atoms with E-state index in [4.69, 9.17) is 4.52 Å². The summed E-state index contributed by atoms with van der Waals surface area (Å²) in [5, 5.41) is 6.96. The maximum Gasteiger partial charge on any atom is 0.321 e. The molecule has 1 aromatic carbocycles. The number of halogens is 1. The first-order valence-corrected chi connectivity index (χ1v) is 5.80. The Hall–Kier alpha value is -1.36. The lowest BCUT2D eigenvalue weighted by Gasteiger charge is -2.01. The van der Waals surface area contributed by atoms with Crippen molar-refractivity contribution in [3.63, 3.8) is 0 Å². The van der Waals surface area contributed by atoms with Crippen LogP contribution in [0, 0.1) is 0 Å². The van der Waals surface area contributed by atoms with E-state index in [9.17, 15) is 0 Å². The standard InChI is InChI=1S/C11H12BrN3O/c1-7(2)13-11-14-10(15-16-11)8-3-5-9(12)6-4-8/h3-7H,1-2H3,(H,13,14,15).